The van der Waals surface area contributed by atoms with Crippen molar-refractivity contribution < 1.29 is 12.8 Å². The van der Waals surface area contributed by atoms with Crippen LogP contribution in [0.1, 0.15) is 11.3 Å². The van der Waals surface area contributed by atoms with E-state index in [1.807, 2.05) is 36.4 Å². The molecule has 0 aliphatic rings. The fourth-order valence-corrected chi connectivity index (χ4v) is 4.31. The molecule has 158 valence electrons. The van der Waals surface area contributed by atoms with Gasteiger partial charge >= 0.3 is 0 Å². The number of sulfone groups is 1. The Morgan fingerprint density at radius 2 is 1.81 bits per heavy atom. The Kier molecular flexibility index (Phi) is 5.92. The summed E-state index contributed by atoms with van der Waals surface area (Å²) in [5.74, 6) is -0.565. The van der Waals surface area contributed by atoms with Gasteiger partial charge in [0.15, 0.2) is 4.91 Å². The van der Waals surface area contributed by atoms with Gasteiger partial charge in [0.1, 0.15) is 11.9 Å². The molecule has 6 nitrogen and oxygen atoms in total. The predicted molar refractivity (Wildman–Crippen MR) is 118 cm³/mol. The first-order valence-corrected chi connectivity index (χ1v) is 11.1. The Morgan fingerprint density at radius 1 is 1.06 bits per heavy atom. The first-order chi connectivity index (χ1) is 15.5. The maximum absolute atomic E-state index is 13.2. The van der Waals surface area contributed by atoms with Crippen LogP contribution in [-0.2, 0) is 16.4 Å². The molecule has 0 saturated carbocycles. The molecule has 0 aliphatic heterocycles. The van der Waals surface area contributed by atoms with E-state index in [0.717, 1.165) is 35.4 Å². The molecule has 0 unspecified atom stereocenters. The van der Waals surface area contributed by atoms with E-state index in [1.54, 1.807) is 35.4 Å². The van der Waals surface area contributed by atoms with Gasteiger partial charge in [0.05, 0.1) is 17.1 Å². The number of allylic oxidation sites excluding steroid dienone is 1. The summed E-state index contributed by atoms with van der Waals surface area (Å²) in [6, 6.07) is 19.4. The number of benzene rings is 2. The minimum Gasteiger partial charge on any atom is -0.267 e. The normalized spacial score (nSPS) is 11.8. The number of aromatic nitrogens is 3. The summed E-state index contributed by atoms with van der Waals surface area (Å²) in [4.78, 5) is 3.47. The van der Waals surface area contributed by atoms with Crippen LogP contribution in [0.3, 0.4) is 0 Å². The van der Waals surface area contributed by atoms with Gasteiger partial charge in [0.2, 0.25) is 9.84 Å². The molecule has 8 heteroatoms. The number of halogens is 1. The lowest BCUT2D eigenvalue weighted by Gasteiger charge is -2.03. The smallest absolute Gasteiger partial charge is 0.216 e. The van der Waals surface area contributed by atoms with E-state index >= 15 is 0 Å². The molecule has 0 fully saturated rings. The fourth-order valence-electron chi connectivity index (χ4n) is 3.17. The lowest BCUT2D eigenvalue weighted by molar-refractivity contribution is 0.601. The first-order valence-electron chi connectivity index (χ1n) is 9.61. The summed E-state index contributed by atoms with van der Waals surface area (Å²) >= 11 is 0. The van der Waals surface area contributed by atoms with Crippen LogP contribution in [0.25, 0.3) is 17.2 Å². The molecule has 0 radical (unpaired) electrons. The summed E-state index contributed by atoms with van der Waals surface area (Å²) in [5.41, 5.74) is 2.70. The van der Waals surface area contributed by atoms with Crippen LogP contribution in [0.4, 0.5) is 4.39 Å². The van der Waals surface area contributed by atoms with Crippen molar-refractivity contribution in [3.05, 3.63) is 107 Å². The zero-order chi connectivity index (χ0) is 22.6. The third-order valence-corrected chi connectivity index (χ3v) is 6.42. The molecule has 4 aromatic rings. The van der Waals surface area contributed by atoms with Crippen LogP contribution in [0.5, 0.6) is 0 Å². The monoisotopic (exact) mass is 444 g/mol. The Morgan fingerprint density at radius 3 is 2.47 bits per heavy atom. The van der Waals surface area contributed by atoms with E-state index in [9.17, 15) is 18.1 Å². The van der Waals surface area contributed by atoms with Gasteiger partial charge in [-0.2, -0.15) is 10.4 Å². The molecule has 0 spiro atoms. The molecular formula is C24H17FN4O2S. The molecule has 0 aliphatic carbocycles. The molecule has 2 heterocycles. The molecule has 0 bridgehead atoms. The predicted octanol–water partition coefficient (Wildman–Crippen LogP) is 4.47. The minimum absolute atomic E-state index is 0.168. The van der Waals surface area contributed by atoms with Crippen molar-refractivity contribution in [3.8, 4) is 17.2 Å². The number of nitriles is 1. The zero-order valence-corrected chi connectivity index (χ0v) is 17.6. The van der Waals surface area contributed by atoms with Gasteiger partial charge in [-0.3, -0.25) is 9.67 Å². The van der Waals surface area contributed by atoms with Gasteiger partial charge in [-0.1, -0.05) is 36.4 Å². The van der Waals surface area contributed by atoms with E-state index in [2.05, 4.69) is 10.1 Å². The van der Waals surface area contributed by atoms with Gasteiger partial charge in [0.25, 0.3) is 0 Å². The molecule has 0 atom stereocenters. The molecule has 0 saturated heterocycles. The second kappa shape index (κ2) is 8.96. The van der Waals surface area contributed by atoms with E-state index < -0.39 is 20.6 Å². The molecule has 2 aromatic heterocycles. The number of rotatable bonds is 6. The quantitative estimate of drug-likeness (QED) is 0.323. The molecule has 4 rings (SSSR count). The van der Waals surface area contributed by atoms with Gasteiger partial charge in [-0.05, 0) is 42.0 Å². The SMILES string of the molecule is N#CC(=Cc1nn(Cc2ccccc2)cc1-c1cccnc1)S(=O)(=O)c1ccc(F)cc1. The summed E-state index contributed by atoms with van der Waals surface area (Å²) in [6.07, 6.45) is 6.30. The van der Waals surface area contributed by atoms with Crippen LogP contribution in [0.15, 0.2) is 95.1 Å². The van der Waals surface area contributed by atoms with Gasteiger partial charge in [0, 0.05) is 29.7 Å². The largest absolute Gasteiger partial charge is 0.267 e. The van der Waals surface area contributed by atoms with E-state index in [0.29, 0.717) is 17.8 Å². The van der Waals surface area contributed by atoms with Crippen molar-refractivity contribution >= 4 is 15.9 Å². The second-order valence-corrected chi connectivity index (χ2v) is 8.85. The van der Waals surface area contributed by atoms with Crippen molar-refractivity contribution in [2.45, 2.75) is 11.4 Å². The second-order valence-electron chi connectivity index (χ2n) is 6.93. The van der Waals surface area contributed by atoms with Crippen LogP contribution >= 0.6 is 0 Å². The average molecular weight is 444 g/mol. The molecule has 2 aromatic carbocycles. The maximum Gasteiger partial charge on any atom is 0.216 e. The maximum atomic E-state index is 13.2. The van der Waals surface area contributed by atoms with Gasteiger partial charge in [-0.15, -0.1) is 0 Å². The number of hydrogen-bond donors (Lipinski definition) is 0. The Balaban J connectivity index is 1.81. The lowest BCUT2D eigenvalue weighted by Crippen LogP contribution is -2.04. The van der Waals surface area contributed by atoms with Crippen molar-refractivity contribution in [1.29, 1.82) is 5.26 Å². The molecule has 0 N–H and O–H groups in total. The third kappa shape index (κ3) is 4.48. The number of pyridine rings is 1. The highest BCUT2D eigenvalue weighted by Gasteiger charge is 2.22. The van der Waals surface area contributed by atoms with Gasteiger partial charge < -0.3 is 0 Å². The molecular weight excluding hydrogens is 427 g/mol. The third-order valence-electron chi connectivity index (χ3n) is 4.74. The summed E-state index contributed by atoms with van der Waals surface area (Å²) in [5, 5.41) is 14.2. The average Bonchev–Trinajstić information content (AvgIpc) is 3.21. The van der Waals surface area contributed by atoms with Crippen LogP contribution in [0.2, 0.25) is 0 Å². The summed E-state index contributed by atoms with van der Waals surface area (Å²) in [7, 11) is -4.15. The Labute approximate surface area is 184 Å². The van der Waals surface area contributed by atoms with E-state index in [-0.39, 0.29) is 4.90 Å². The standard InChI is InChI=1S/C24H17FN4O2S/c25-20-8-10-21(11-9-20)32(30,31)22(14-26)13-24-23(19-7-4-12-27-15-19)17-29(28-24)16-18-5-2-1-3-6-18/h1-13,15,17H,16H2. The van der Waals surface area contributed by atoms with E-state index in [4.69, 9.17) is 0 Å². The highest BCUT2D eigenvalue weighted by atomic mass is 32.2. The van der Waals surface area contributed by atoms with Crippen LogP contribution < -0.4 is 0 Å². The van der Waals surface area contributed by atoms with Crippen LogP contribution in [0, 0.1) is 17.1 Å². The highest BCUT2D eigenvalue weighted by Crippen LogP contribution is 2.27. The minimum atomic E-state index is -4.15. The number of hydrogen-bond acceptors (Lipinski definition) is 5. The lowest BCUT2D eigenvalue weighted by atomic mass is 10.1. The zero-order valence-electron chi connectivity index (χ0n) is 16.8. The fraction of sp³-hybridized carbons (Fsp3) is 0.0417. The summed E-state index contributed by atoms with van der Waals surface area (Å²) < 4.78 is 40.8. The van der Waals surface area contributed by atoms with Crippen molar-refractivity contribution in [3.63, 3.8) is 0 Å². The Hall–Kier alpha value is -4.09. The van der Waals surface area contributed by atoms with Gasteiger partial charge in [-0.25, -0.2) is 12.8 Å². The Bertz CT molecular complexity index is 1410. The topological polar surface area (TPSA) is 88.6 Å². The summed E-state index contributed by atoms with van der Waals surface area (Å²) in [6.45, 7) is 0.467. The number of nitrogens with zero attached hydrogens (tertiary/aromatic N) is 4. The van der Waals surface area contributed by atoms with Crippen LogP contribution in [-0.4, -0.2) is 23.2 Å². The molecule has 32 heavy (non-hydrogen) atoms. The van der Waals surface area contributed by atoms with E-state index in [1.165, 1.54) is 6.08 Å². The van der Waals surface area contributed by atoms with Crippen molar-refractivity contribution in [1.82, 2.24) is 14.8 Å². The first kappa shape index (κ1) is 21.2. The molecule has 0 amide bonds. The van der Waals surface area contributed by atoms with Crippen molar-refractivity contribution in [2.24, 2.45) is 0 Å². The van der Waals surface area contributed by atoms with Crippen molar-refractivity contribution in [2.75, 3.05) is 0 Å². The highest BCUT2D eigenvalue weighted by molar-refractivity contribution is 7.95.